The minimum absolute atomic E-state index is 0.0826. The Morgan fingerprint density at radius 1 is 1.33 bits per heavy atom. The topological polar surface area (TPSA) is 101 Å². The van der Waals surface area contributed by atoms with Gasteiger partial charge < -0.3 is 14.9 Å². The number of carbonyl (C=O) groups is 3. The first-order chi connectivity index (χ1) is 9.92. The number of hydrogen-bond acceptors (Lipinski definition) is 5. The van der Waals surface area contributed by atoms with E-state index in [-0.39, 0.29) is 41.4 Å². The number of esters is 1. The van der Waals surface area contributed by atoms with Gasteiger partial charge in [-0.05, 0) is 12.5 Å². The highest BCUT2D eigenvalue weighted by molar-refractivity contribution is 6.27. The monoisotopic (exact) mass is 314 g/mol. The van der Waals surface area contributed by atoms with Gasteiger partial charge in [-0.25, -0.2) is 9.59 Å². The molecule has 1 aromatic carbocycles. The zero-order valence-corrected chi connectivity index (χ0v) is 12.1. The van der Waals surface area contributed by atoms with E-state index in [4.69, 9.17) is 21.4 Å². The highest BCUT2D eigenvalue weighted by Gasteiger charge is 2.26. The second-order valence-electron chi connectivity index (χ2n) is 4.19. The Kier molecular flexibility index (Phi) is 6.33. The smallest absolute Gasteiger partial charge is 0.338 e. The first-order valence-electron chi connectivity index (χ1n) is 6.19. The predicted molar refractivity (Wildman–Crippen MR) is 74.4 cm³/mol. The Balaban J connectivity index is 3.36. The molecular formula is C14H15ClO6. The molecular weight excluding hydrogens is 300 g/mol. The fourth-order valence-electron chi connectivity index (χ4n) is 1.84. The third-order valence-corrected chi connectivity index (χ3v) is 3.03. The summed E-state index contributed by atoms with van der Waals surface area (Å²) in [6, 6.07) is 4.26. The van der Waals surface area contributed by atoms with E-state index in [1.54, 1.807) is 6.92 Å². The van der Waals surface area contributed by atoms with Crippen molar-refractivity contribution >= 4 is 29.3 Å². The zero-order valence-electron chi connectivity index (χ0n) is 11.3. The lowest BCUT2D eigenvalue weighted by Gasteiger charge is -2.15. The molecule has 1 atom stereocenters. The average molecular weight is 315 g/mol. The fraction of sp³-hybridized carbons (Fsp3) is 0.357. The molecule has 7 heteroatoms. The number of rotatable bonds is 7. The van der Waals surface area contributed by atoms with Gasteiger partial charge in [0.2, 0.25) is 0 Å². The molecule has 0 aliphatic rings. The Bertz CT molecular complexity index is 554. The number of hydrogen-bond donors (Lipinski definition) is 2. The van der Waals surface area contributed by atoms with E-state index in [9.17, 15) is 19.5 Å². The third-order valence-electron chi connectivity index (χ3n) is 2.73. The van der Waals surface area contributed by atoms with Crippen molar-refractivity contribution in [1.82, 2.24) is 0 Å². The minimum atomic E-state index is -1.88. The normalized spacial score (nSPS) is 11.8. The van der Waals surface area contributed by atoms with Crippen LogP contribution in [-0.4, -0.2) is 40.4 Å². The molecule has 0 fully saturated rings. The van der Waals surface area contributed by atoms with Crippen molar-refractivity contribution in [3.63, 3.8) is 0 Å². The molecule has 0 saturated carbocycles. The third kappa shape index (κ3) is 4.27. The van der Waals surface area contributed by atoms with Gasteiger partial charge in [0.1, 0.15) is 0 Å². The molecule has 0 saturated heterocycles. The van der Waals surface area contributed by atoms with Gasteiger partial charge in [0.15, 0.2) is 11.9 Å². The Morgan fingerprint density at radius 2 is 2.00 bits per heavy atom. The number of aliphatic carboxylic acids is 1. The molecule has 0 spiro atoms. The van der Waals surface area contributed by atoms with Gasteiger partial charge in [-0.1, -0.05) is 18.2 Å². The highest BCUT2D eigenvalue weighted by atomic mass is 35.5. The van der Waals surface area contributed by atoms with Crippen LogP contribution in [0.4, 0.5) is 0 Å². The van der Waals surface area contributed by atoms with Crippen molar-refractivity contribution in [3.8, 4) is 0 Å². The fourth-order valence-corrected chi connectivity index (χ4v) is 1.93. The number of Topliss-reactive ketones (excluding diaryl/α,β-unsaturated/α-hetero) is 1. The van der Waals surface area contributed by atoms with Gasteiger partial charge in [-0.3, -0.25) is 4.79 Å². The molecule has 0 amide bonds. The van der Waals surface area contributed by atoms with Gasteiger partial charge in [-0.2, -0.15) is 0 Å². The van der Waals surface area contributed by atoms with Crippen LogP contribution in [0.1, 0.15) is 34.5 Å². The number of aliphatic hydroxyl groups is 1. The Labute approximate surface area is 126 Å². The second kappa shape index (κ2) is 7.75. The van der Waals surface area contributed by atoms with E-state index in [0.717, 1.165) is 0 Å². The van der Waals surface area contributed by atoms with E-state index in [0.29, 0.717) is 0 Å². The van der Waals surface area contributed by atoms with Crippen molar-refractivity contribution in [1.29, 1.82) is 0 Å². The van der Waals surface area contributed by atoms with Crippen molar-refractivity contribution in [2.45, 2.75) is 19.4 Å². The highest BCUT2D eigenvalue weighted by Crippen LogP contribution is 2.24. The van der Waals surface area contributed by atoms with E-state index in [1.807, 2.05) is 0 Å². The van der Waals surface area contributed by atoms with Crippen molar-refractivity contribution in [2.24, 2.45) is 0 Å². The van der Waals surface area contributed by atoms with E-state index >= 15 is 0 Å². The summed E-state index contributed by atoms with van der Waals surface area (Å²) in [7, 11) is 0. The SMILES string of the molecule is CCOC(=O)c1c(CC(=O)CCl)cccc1C(O)C(=O)O. The summed E-state index contributed by atoms with van der Waals surface area (Å²) >= 11 is 5.44. The van der Waals surface area contributed by atoms with Gasteiger partial charge in [0.25, 0.3) is 0 Å². The summed E-state index contributed by atoms with van der Waals surface area (Å²) in [6.45, 7) is 1.68. The van der Waals surface area contributed by atoms with Crippen LogP contribution in [0.3, 0.4) is 0 Å². The second-order valence-corrected chi connectivity index (χ2v) is 4.46. The van der Waals surface area contributed by atoms with Gasteiger partial charge in [-0.15, -0.1) is 11.6 Å². The quantitative estimate of drug-likeness (QED) is 0.581. The molecule has 2 N–H and O–H groups in total. The van der Waals surface area contributed by atoms with E-state index < -0.39 is 18.0 Å². The number of alkyl halides is 1. The Morgan fingerprint density at radius 3 is 2.52 bits per heavy atom. The van der Waals surface area contributed by atoms with E-state index in [2.05, 4.69) is 0 Å². The summed E-state index contributed by atoms with van der Waals surface area (Å²) in [4.78, 5) is 34.4. The molecule has 0 aliphatic carbocycles. The number of halogens is 1. The summed E-state index contributed by atoms with van der Waals surface area (Å²) in [5, 5.41) is 18.6. The number of carbonyl (C=O) groups excluding carboxylic acids is 2. The summed E-state index contributed by atoms with van der Waals surface area (Å²) in [6.07, 6.45) is -2.02. The molecule has 0 bridgehead atoms. The number of ketones is 1. The number of carboxylic acids is 1. The van der Waals surface area contributed by atoms with Gasteiger partial charge in [0.05, 0.1) is 18.1 Å². The number of aliphatic hydroxyl groups excluding tert-OH is 1. The first kappa shape index (κ1) is 17.1. The number of carboxylic acid groups (broad SMARTS) is 1. The van der Waals surface area contributed by atoms with Crippen molar-refractivity contribution < 1.29 is 29.3 Å². The largest absolute Gasteiger partial charge is 0.479 e. The molecule has 0 aliphatic heterocycles. The van der Waals surface area contributed by atoms with Gasteiger partial charge in [0, 0.05) is 12.0 Å². The lowest BCUT2D eigenvalue weighted by atomic mass is 9.94. The van der Waals surface area contributed by atoms with Crippen LogP contribution in [0, 0.1) is 0 Å². The first-order valence-corrected chi connectivity index (χ1v) is 6.73. The van der Waals surface area contributed by atoms with Crippen LogP contribution in [0.15, 0.2) is 18.2 Å². The maximum atomic E-state index is 12.0. The van der Waals surface area contributed by atoms with Gasteiger partial charge >= 0.3 is 11.9 Å². The summed E-state index contributed by atoms with van der Waals surface area (Å²) < 4.78 is 4.87. The van der Waals surface area contributed by atoms with Crippen LogP contribution >= 0.6 is 11.6 Å². The standard InChI is InChI=1S/C14H15ClO6/c1-2-21-14(20)11-8(6-9(16)7-15)4-3-5-10(11)12(17)13(18)19/h3-5,12,17H,2,6-7H2,1H3,(H,18,19). The maximum Gasteiger partial charge on any atom is 0.338 e. The Hall–Kier alpha value is -1.92. The number of ether oxygens (including phenoxy) is 1. The van der Waals surface area contributed by atoms with Crippen LogP contribution < -0.4 is 0 Å². The predicted octanol–water partition coefficient (Wildman–Crippen LogP) is 1.33. The van der Waals surface area contributed by atoms with Crippen LogP contribution in [0.5, 0.6) is 0 Å². The zero-order chi connectivity index (χ0) is 16.0. The number of benzene rings is 1. The molecule has 6 nitrogen and oxygen atoms in total. The summed E-state index contributed by atoms with van der Waals surface area (Å²) in [5.41, 5.74) is 0.0606. The molecule has 1 unspecified atom stereocenters. The molecule has 0 radical (unpaired) electrons. The average Bonchev–Trinajstić information content (AvgIpc) is 2.46. The molecule has 1 rings (SSSR count). The molecule has 114 valence electrons. The van der Waals surface area contributed by atoms with Crippen molar-refractivity contribution in [3.05, 3.63) is 34.9 Å². The molecule has 1 aromatic rings. The minimum Gasteiger partial charge on any atom is -0.479 e. The van der Waals surface area contributed by atoms with Crippen LogP contribution in [0.25, 0.3) is 0 Å². The molecule has 0 aromatic heterocycles. The van der Waals surface area contributed by atoms with Crippen LogP contribution in [-0.2, 0) is 20.7 Å². The van der Waals surface area contributed by atoms with E-state index in [1.165, 1.54) is 18.2 Å². The lowest BCUT2D eigenvalue weighted by Crippen LogP contribution is -2.19. The summed E-state index contributed by atoms with van der Waals surface area (Å²) in [5.74, 6) is -2.84. The molecule has 0 heterocycles. The van der Waals surface area contributed by atoms with Crippen molar-refractivity contribution in [2.75, 3.05) is 12.5 Å². The lowest BCUT2D eigenvalue weighted by molar-refractivity contribution is -0.147. The maximum absolute atomic E-state index is 12.0. The van der Waals surface area contributed by atoms with Crippen LogP contribution in [0.2, 0.25) is 0 Å². The molecule has 21 heavy (non-hydrogen) atoms.